The van der Waals surface area contributed by atoms with E-state index in [4.69, 9.17) is 9.15 Å². The fourth-order valence-corrected chi connectivity index (χ4v) is 3.90. The van der Waals surface area contributed by atoms with Crippen molar-refractivity contribution in [2.45, 2.75) is 25.8 Å². The zero-order valence-electron chi connectivity index (χ0n) is 18.6. The summed E-state index contributed by atoms with van der Waals surface area (Å²) in [4.78, 5) is 29.8. The molecule has 2 aromatic carbocycles. The van der Waals surface area contributed by atoms with Gasteiger partial charge in [0.1, 0.15) is 29.0 Å². The Kier molecular flexibility index (Phi) is 6.26. The molecule has 0 saturated heterocycles. The zero-order valence-corrected chi connectivity index (χ0v) is 18.6. The third-order valence-electron chi connectivity index (χ3n) is 5.70. The molecule has 0 saturated carbocycles. The number of carbonyl (C=O) groups excluding carboxylic acids is 1. The highest BCUT2D eigenvalue weighted by Crippen LogP contribution is 2.25. The lowest BCUT2D eigenvalue weighted by Gasteiger charge is -2.19. The number of hydrogen-bond acceptors (Lipinski definition) is 5. The van der Waals surface area contributed by atoms with Crippen LogP contribution in [0.25, 0.3) is 11.0 Å². The first kappa shape index (κ1) is 22.3. The summed E-state index contributed by atoms with van der Waals surface area (Å²) in [6.07, 6.45) is 3.64. The van der Waals surface area contributed by atoms with Crippen molar-refractivity contribution < 1.29 is 18.3 Å². The molecule has 1 N–H and O–H groups in total. The zero-order chi connectivity index (χ0) is 23.5. The maximum absolute atomic E-state index is 13.8. The molecule has 170 valence electrons. The van der Waals surface area contributed by atoms with E-state index in [9.17, 15) is 14.0 Å². The van der Waals surface area contributed by atoms with Crippen LogP contribution >= 0.6 is 0 Å². The number of benzene rings is 2. The number of fused-ring (bicyclic) bond motifs is 1. The van der Waals surface area contributed by atoms with Crippen LogP contribution in [0.15, 0.2) is 64.1 Å². The minimum atomic E-state index is -0.630. The van der Waals surface area contributed by atoms with Crippen molar-refractivity contribution in [3.05, 3.63) is 93.6 Å². The highest BCUT2D eigenvalue weighted by molar-refractivity contribution is 5.83. The molecule has 1 atom stereocenters. The monoisotopic (exact) mass is 449 g/mol. The van der Waals surface area contributed by atoms with Crippen molar-refractivity contribution in [1.29, 1.82) is 0 Å². The van der Waals surface area contributed by atoms with Gasteiger partial charge in [-0.2, -0.15) is 0 Å². The predicted molar refractivity (Wildman–Crippen MR) is 122 cm³/mol. The highest BCUT2D eigenvalue weighted by atomic mass is 19.1. The first-order valence-corrected chi connectivity index (χ1v) is 10.5. The van der Waals surface area contributed by atoms with Gasteiger partial charge in [-0.15, -0.1) is 0 Å². The van der Waals surface area contributed by atoms with E-state index in [1.807, 2.05) is 13.0 Å². The molecular formula is C25H24FN3O4. The summed E-state index contributed by atoms with van der Waals surface area (Å²) in [7, 11) is 3.35. The molecule has 33 heavy (non-hydrogen) atoms. The van der Waals surface area contributed by atoms with Gasteiger partial charge >= 0.3 is 5.63 Å². The fraction of sp³-hybridized carbons (Fsp3) is 0.240. The summed E-state index contributed by atoms with van der Waals surface area (Å²) in [5.74, 6) is 0.474. The maximum atomic E-state index is 13.8. The van der Waals surface area contributed by atoms with E-state index in [1.165, 1.54) is 12.1 Å². The molecule has 8 heteroatoms. The molecular weight excluding hydrogens is 425 g/mol. The molecule has 7 nitrogen and oxygen atoms in total. The number of carbonyl (C=O) groups is 1. The number of nitrogens with one attached hydrogen (secondary N) is 1. The predicted octanol–water partition coefficient (Wildman–Crippen LogP) is 3.82. The van der Waals surface area contributed by atoms with Gasteiger partial charge in [-0.3, -0.25) is 4.79 Å². The Morgan fingerprint density at radius 1 is 1.27 bits per heavy atom. The van der Waals surface area contributed by atoms with Gasteiger partial charge in [-0.25, -0.2) is 14.2 Å². The van der Waals surface area contributed by atoms with Gasteiger partial charge < -0.3 is 19.0 Å². The quantitative estimate of drug-likeness (QED) is 0.434. The topological polar surface area (TPSA) is 86.4 Å². The summed E-state index contributed by atoms with van der Waals surface area (Å²) in [6.45, 7) is 1.84. The van der Waals surface area contributed by atoms with Crippen LogP contribution in [0.5, 0.6) is 5.75 Å². The average molecular weight is 449 g/mol. The standard InChI is InChI=1S/C25H24FN3O4/c1-15-19-8-7-18(32-3)14-21(19)33-25(31)20(15)9-10-22(30)28-23(24-27-11-12-29(24)2)16-5-4-6-17(26)13-16/h4-8,11-14,23H,9-10H2,1-3H3,(H,28,30)/t23-/m1/s1. The summed E-state index contributed by atoms with van der Waals surface area (Å²) in [5.41, 5.74) is 1.75. The summed E-state index contributed by atoms with van der Waals surface area (Å²) in [5, 5.41) is 3.72. The number of hydrogen-bond donors (Lipinski definition) is 1. The van der Waals surface area contributed by atoms with Gasteiger partial charge in [0.05, 0.1) is 7.11 Å². The largest absolute Gasteiger partial charge is 0.497 e. The normalized spacial score (nSPS) is 12.0. The van der Waals surface area contributed by atoms with Gasteiger partial charge in [-0.1, -0.05) is 12.1 Å². The van der Waals surface area contributed by atoms with E-state index in [0.29, 0.717) is 28.3 Å². The molecule has 0 fully saturated rings. The summed E-state index contributed by atoms with van der Waals surface area (Å²) in [6, 6.07) is 10.7. The molecule has 0 unspecified atom stereocenters. The Hall–Kier alpha value is -3.94. The molecule has 4 aromatic rings. The van der Waals surface area contributed by atoms with Gasteiger partial charge in [0, 0.05) is 42.9 Å². The van der Waals surface area contributed by atoms with E-state index >= 15 is 0 Å². The molecule has 0 radical (unpaired) electrons. The molecule has 0 aliphatic carbocycles. The number of methoxy groups -OCH3 is 1. The lowest BCUT2D eigenvalue weighted by molar-refractivity contribution is -0.121. The number of rotatable bonds is 7. The van der Waals surface area contributed by atoms with E-state index in [2.05, 4.69) is 10.3 Å². The smallest absolute Gasteiger partial charge is 0.339 e. The number of amides is 1. The van der Waals surface area contributed by atoms with Crippen molar-refractivity contribution in [3.63, 3.8) is 0 Å². The molecule has 0 aliphatic heterocycles. The molecule has 2 aromatic heterocycles. The molecule has 4 rings (SSSR count). The molecule has 0 spiro atoms. The SMILES string of the molecule is COc1ccc2c(C)c(CCC(=O)N[C@H](c3cccc(F)c3)c3nccn3C)c(=O)oc2c1. The average Bonchev–Trinajstić information content (AvgIpc) is 3.22. The van der Waals surface area contributed by atoms with Crippen LogP contribution in [-0.2, 0) is 18.3 Å². The highest BCUT2D eigenvalue weighted by Gasteiger charge is 2.22. The minimum Gasteiger partial charge on any atom is -0.497 e. The number of halogens is 1. The lowest BCUT2D eigenvalue weighted by atomic mass is 10.0. The van der Waals surface area contributed by atoms with Crippen LogP contribution in [0.2, 0.25) is 0 Å². The van der Waals surface area contributed by atoms with Gasteiger partial charge in [-0.05, 0) is 48.7 Å². The third-order valence-corrected chi connectivity index (χ3v) is 5.70. The van der Waals surface area contributed by atoms with Crippen molar-refractivity contribution in [1.82, 2.24) is 14.9 Å². The second-order valence-corrected chi connectivity index (χ2v) is 7.81. The second-order valence-electron chi connectivity index (χ2n) is 7.81. The van der Waals surface area contributed by atoms with Crippen molar-refractivity contribution in [3.8, 4) is 5.75 Å². The van der Waals surface area contributed by atoms with E-state index < -0.39 is 17.5 Å². The number of imidazole rings is 1. The lowest BCUT2D eigenvalue weighted by Crippen LogP contribution is -2.31. The van der Waals surface area contributed by atoms with Crippen molar-refractivity contribution in [2.75, 3.05) is 7.11 Å². The van der Waals surface area contributed by atoms with Crippen LogP contribution in [0.4, 0.5) is 4.39 Å². The molecule has 2 heterocycles. The van der Waals surface area contributed by atoms with Crippen LogP contribution in [0.1, 0.15) is 35.0 Å². The molecule has 1 amide bonds. The summed E-state index contributed by atoms with van der Waals surface area (Å²) >= 11 is 0. The Morgan fingerprint density at radius 2 is 2.09 bits per heavy atom. The van der Waals surface area contributed by atoms with Crippen LogP contribution < -0.4 is 15.7 Å². The van der Waals surface area contributed by atoms with Crippen LogP contribution in [-0.4, -0.2) is 22.6 Å². The van der Waals surface area contributed by atoms with Crippen LogP contribution in [0, 0.1) is 12.7 Å². The fourth-order valence-electron chi connectivity index (χ4n) is 3.90. The Labute approximate surface area is 189 Å². The molecule has 0 aliphatic rings. The Bertz CT molecular complexity index is 1380. The number of aryl methyl sites for hydroxylation is 2. The van der Waals surface area contributed by atoms with Gasteiger partial charge in [0.15, 0.2) is 0 Å². The Balaban J connectivity index is 1.56. The third kappa shape index (κ3) is 4.64. The number of aromatic nitrogens is 2. The van der Waals surface area contributed by atoms with Gasteiger partial charge in [0.25, 0.3) is 0 Å². The first-order chi connectivity index (χ1) is 15.9. The van der Waals surface area contributed by atoms with Crippen LogP contribution in [0.3, 0.4) is 0 Å². The maximum Gasteiger partial charge on any atom is 0.339 e. The van der Waals surface area contributed by atoms with E-state index in [-0.39, 0.29) is 18.7 Å². The number of nitrogens with zero attached hydrogens (tertiary/aromatic N) is 2. The van der Waals surface area contributed by atoms with Crippen molar-refractivity contribution >= 4 is 16.9 Å². The molecule has 0 bridgehead atoms. The Morgan fingerprint density at radius 3 is 2.79 bits per heavy atom. The number of ether oxygens (including phenoxy) is 1. The van der Waals surface area contributed by atoms with E-state index in [1.54, 1.807) is 55.4 Å². The minimum absolute atomic E-state index is 0.0590. The summed E-state index contributed by atoms with van der Waals surface area (Å²) < 4.78 is 26.3. The van der Waals surface area contributed by atoms with E-state index in [0.717, 1.165) is 10.9 Å². The second kappa shape index (κ2) is 9.28. The first-order valence-electron chi connectivity index (χ1n) is 10.5. The van der Waals surface area contributed by atoms with Crippen molar-refractivity contribution in [2.24, 2.45) is 7.05 Å². The van der Waals surface area contributed by atoms with Gasteiger partial charge in [0.2, 0.25) is 5.91 Å².